The van der Waals surface area contributed by atoms with Crippen molar-refractivity contribution >= 4 is 23.3 Å². The van der Waals surface area contributed by atoms with Gasteiger partial charge in [0.2, 0.25) is 5.91 Å². The van der Waals surface area contributed by atoms with Crippen molar-refractivity contribution in [2.75, 3.05) is 39.3 Å². The van der Waals surface area contributed by atoms with Crippen LogP contribution in [0, 0.1) is 0 Å². The van der Waals surface area contributed by atoms with Crippen LogP contribution >= 0.6 is 11.3 Å². The minimum atomic E-state index is -0.596. The maximum atomic E-state index is 12.7. The predicted octanol–water partition coefficient (Wildman–Crippen LogP) is 0.354. The summed E-state index contributed by atoms with van der Waals surface area (Å²) in [5, 5.41) is 7.99. The number of hydrogen-bond donors (Lipinski definition) is 3. The molecular weight excluding hydrogens is 326 g/mol. The highest BCUT2D eigenvalue weighted by Crippen LogP contribution is 2.24. The number of hydrogen-bond acceptors (Lipinski definition) is 5. The van der Waals surface area contributed by atoms with E-state index in [-0.39, 0.29) is 18.4 Å². The van der Waals surface area contributed by atoms with Gasteiger partial charge in [-0.15, -0.1) is 11.3 Å². The van der Waals surface area contributed by atoms with Gasteiger partial charge in [-0.3, -0.25) is 9.69 Å². The van der Waals surface area contributed by atoms with Crippen molar-refractivity contribution in [1.29, 1.82) is 0 Å². The summed E-state index contributed by atoms with van der Waals surface area (Å²) in [6, 6.07) is 3.36. The second-order valence-corrected chi connectivity index (χ2v) is 7.33. The average Bonchev–Trinajstić information content (AvgIpc) is 3.26. The van der Waals surface area contributed by atoms with Crippen LogP contribution in [0.2, 0.25) is 0 Å². The monoisotopic (exact) mass is 351 g/mol. The summed E-state index contributed by atoms with van der Waals surface area (Å²) in [6.07, 6.45) is 1.29. The molecule has 3 rings (SSSR count). The Bertz CT molecular complexity index is 559. The van der Waals surface area contributed by atoms with Crippen molar-refractivity contribution in [3.8, 4) is 0 Å². The fourth-order valence-corrected chi connectivity index (χ4v) is 4.28. The van der Waals surface area contributed by atoms with Gasteiger partial charge in [-0.05, 0) is 17.9 Å². The summed E-state index contributed by atoms with van der Waals surface area (Å²) < 4.78 is 0. The van der Waals surface area contributed by atoms with Crippen molar-refractivity contribution < 1.29 is 9.59 Å². The molecule has 0 spiro atoms. The van der Waals surface area contributed by atoms with E-state index < -0.39 is 6.03 Å². The summed E-state index contributed by atoms with van der Waals surface area (Å²) >= 11 is 1.52. The molecule has 3 amide bonds. The highest BCUT2D eigenvalue weighted by Gasteiger charge is 2.32. The highest BCUT2D eigenvalue weighted by atomic mass is 32.1. The molecule has 0 radical (unpaired) electrons. The maximum absolute atomic E-state index is 12.7. The van der Waals surface area contributed by atoms with E-state index in [0.29, 0.717) is 6.04 Å². The van der Waals surface area contributed by atoms with Crippen LogP contribution < -0.4 is 16.4 Å². The number of thiophene rings is 1. The van der Waals surface area contributed by atoms with Crippen LogP contribution in [-0.2, 0) is 4.79 Å². The van der Waals surface area contributed by atoms with E-state index >= 15 is 0 Å². The van der Waals surface area contributed by atoms with E-state index in [0.717, 1.165) is 50.6 Å². The minimum absolute atomic E-state index is 0.0831. The molecule has 1 aromatic heterocycles. The molecular formula is C16H25N5O2S. The fraction of sp³-hybridized carbons (Fsp3) is 0.625. The van der Waals surface area contributed by atoms with Crippen LogP contribution in [0.5, 0.6) is 0 Å². The van der Waals surface area contributed by atoms with E-state index in [4.69, 9.17) is 5.73 Å². The van der Waals surface area contributed by atoms with Gasteiger partial charge >= 0.3 is 6.03 Å². The zero-order valence-corrected chi connectivity index (χ0v) is 14.6. The lowest BCUT2D eigenvalue weighted by atomic mass is 10.1. The number of carbonyl (C=O) groups is 2. The fourth-order valence-electron chi connectivity index (χ4n) is 3.50. The Morgan fingerprint density at radius 2 is 2.17 bits per heavy atom. The van der Waals surface area contributed by atoms with Gasteiger partial charge in [0.15, 0.2) is 0 Å². The topological polar surface area (TPSA) is 90.7 Å². The van der Waals surface area contributed by atoms with Crippen LogP contribution in [0.15, 0.2) is 17.5 Å². The molecule has 0 aromatic carbocycles. The molecule has 2 unspecified atom stereocenters. The number of piperazine rings is 1. The number of urea groups is 1. The van der Waals surface area contributed by atoms with Crippen molar-refractivity contribution in [2.45, 2.75) is 24.9 Å². The van der Waals surface area contributed by atoms with Gasteiger partial charge in [0.05, 0.1) is 12.5 Å². The second kappa shape index (κ2) is 7.96. The normalized spacial score (nSPS) is 23.2. The Labute approximate surface area is 146 Å². The Balaban J connectivity index is 1.56. The summed E-state index contributed by atoms with van der Waals surface area (Å²) in [6.45, 7) is 5.72. The number of nitrogens with two attached hydrogens (primary N) is 1. The third-order valence-electron chi connectivity index (χ3n) is 4.77. The smallest absolute Gasteiger partial charge is 0.312 e. The SMILES string of the molecule is NC(=O)NC(CC(=O)N1CCC(N2CCNCC2)C1)c1cccs1. The molecule has 2 aliphatic heterocycles. The van der Waals surface area contributed by atoms with Gasteiger partial charge in [-0.1, -0.05) is 6.07 Å². The molecule has 7 nitrogen and oxygen atoms in total. The largest absolute Gasteiger partial charge is 0.352 e. The zero-order valence-electron chi connectivity index (χ0n) is 13.7. The lowest BCUT2D eigenvalue weighted by Crippen LogP contribution is -2.49. The maximum Gasteiger partial charge on any atom is 0.312 e. The molecule has 0 saturated carbocycles. The third-order valence-corrected chi connectivity index (χ3v) is 5.75. The first-order valence-electron chi connectivity index (χ1n) is 8.45. The molecule has 2 fully saturated rings. The molecule has 1 aromatic rings. The Morgan fingerprint density at radius 3 is 2.83 bits per heavy atom. The van der Waals surface area contributed by atoms with Gasteiger partial charge in [0.1, 0.15) is 0 Å². The predicted molar refractivity (Wildman–Crippen MR) is 93.8 cm³/mol. The lowest BCUT2D eigenvalue weighted by molar-refractivity contribution is -0.130. The van der Waals surface area contributed by atoms with Gasteiger partial charge in [0, 0.05) is 50.2 Å². The van der Waals surface area contributed by atoms with E-state index in [1.807, 2.05) is 22.4 Å². The Kier molecular flexibility index (Phi) is 5.70. The number of amides is 3. The molecule has 2 aliphatic rings. The first-order valence-corrected chi connectivity index (χ1v) is 9.33. The molecule has 0 aliphatic carbocycles. The standard InChI is InChI=1S/C16H25N5O2S/c17-16(23)19-13(14-2-1-9-24-14)10-15(22)21-6-3-12(11-21)20-7-4-18-5-8-20/h1-2,9,12-13,18H,3-8,10-11H2,(H3,17,19,23). The average molecular weight is 351 g/mol. The van der Waals surface area contributed by atoms with E-state index in [1.165, 1.54) is 11.3 Å². The van der Waals surface area contributed by atoms with Gasteiger partial charge < -0.3 is 21.3 Å². The molecule has 2 atom stereocenters. The lowest BCUT2D eigenvalue weighted by Gasteiger charge is -2.32. The van der Waals surface area contributed by atoms with Crippen LogP contribution in [0.3, 0.4) is 0 Å². The summed E-state index contributed by atoms with van der Waals surface area (Å²) in [5.74, 6) is 0.0831. The second-order valence-electron chi connectivity index (χ2n) is 6.35. The highest BCUT2D eigenvalue weighted by molar-refractivity contribution is 7.10. The molecule has 24 heavy (non-hydrogen) atoms. The quantitative estimate of drug-likeness (QED) is 0.714. The molecule has 4 N–H and O–H groups in total. The first kappa shape index (κ1) is 17.2. The van der Waals surface area contributed by atoms with Crippen LogP contribution in [-0.4, -0.2) is 67.0 Å². The number of primary amides is 1. The number of nitrogens with zero attached hydrogens (tertiary/aromatic N) is 2. The molecule has 3 heterocycles. The van der Waals surface area contributed by atoms with Crippen LogP contribution in [0.25, 0.3) is 0 Å². The zero-order chi connectivity index (χ0) is 16.9. The van der Waals surface area contributed by atoms with Crippen molar-refractivity contribution in [3.63, 3.8) is 0 Å². The van der Waals surface area contributed by atoms with Crippen molar-refractivity contribution in [2.24, 2.45) is 5.73 Å². The first-order chi connectivity index (χ1) is 11.6. The Morgan fingerprint density at radius 1 is 1.38 bits per heavy atom. The van der Waals surface area contributed by atoms with Crippen LogP contribution in [0.4, 0.5) is 4.79 Å². The molecule has 132 valence electrons. The van der Waals surface area contributed by atoms with E-state index in [2.05, 4.69) is 15.5 Å². The number of nitrogens with one attached hydrogen (secondary N) is 2. The van der Waals surface area contributed by atoms with Gasteiger partial charge in [-0.2, -0.15) is 0 Å². The number of likely N-dealkylation sites (tertiary alicyclic amines) is 1. The van der Waals surface area contributed by atoms with Gasteiger partial charge in [-0.25, -0.2) is 4.79 Å². The molecule has 2 saturated heterocycles. The molecule has 8 heteroatoms. The Hall–Kier alpha value is -1.64. The summed E-state index contributed by atoms with van der Waals surface area (Å²) in [5.41, 5.74) is 5.27. The number of rotatable bonds is 5. The van der Waals surface area contributed by atoms with Gasteiger partial charge in [0.25, 0.3) is 0 Å². The van der Waals surface area contributed by atoms with Crippen LogP contribution in [0.1, 0.15) is 23.8 Å². The summed E-state index contributed by atoms with van der Waals surface area (Å²) in [4.78, 5) is 29.3. The molecule has 0 bridgehead atoms. The number of carbonyl (C=O) groups excluding carboxylic acids is 2. The van der Waals surface area contributed by atoms with Crippen molar-refractivity contribution in [1.82, 2.24) is 20.4 Å². The van der Waals surface area contributed by atoms with E-state index in [9.17, 15) is 9.59 Å². The van der Waals surface area contributed by atoms with Crippen molar-refractivity contribution in [3.05, 3.63) is 22.4 Å². The minimum Gasteiger partial charge on any atom is -0.352 e. The third kappa shape index (κ3) is 4.25. The van der Waals surface area contributed by atoms with E-state index in [1.54, 1.807) is 0 Å². The summed E-state index contributed by atoms with van der Waals surface area (Å²) in [7, 11) is 0.